The fraction of sp³-hybridized carbons (Fsp3) is 0.222. The molecule has 6 nitrogen and oxygen atoms in total. The minimum Gasteiger partial charge on any atom is -0.492 e. The first kappa shape index (κ1) is 18.6. The Morgan fingerprint density at radius 3 is 2.28 bits per heavy atom. The van der Waals surface area contributed by atoms with Crippen molar-refractivity contribution in [3.63, 3.8) is 0 Å². The summed E-state index contributed by atoms with van der Waals surface area (Å²) in [5.74, 6) is 0.491. The molecule has 0 aromatic heterocycles. The molecule has 0 aliphatic heterocycles. The van der Waals surface area contributed by atoms with Crippen LogP contribution in [0.1, 0.15) is 13.3 Å². The lowest BCUT2D eigenvalue weighted by atomic mass is 10.3. The van der Waals surface area contributed by atoms with Crippen molar-refractivity contribution in [1.82, 2.24) is 5.32 Å². The van der Waals surface area contributed by atoms with E-state index in [0.717, 1.165) is 0 Å². The summed E-state index contributed by atoms with van der Waals surface area (Å²) >= 11 is 5.99. The molecule has 0 atom stereocenters. The third kappa shape index (κ3) is 6.73. The molecule has 0 aliphatic carbocycles. The van der Waals surface area contributed by atoms with Crippen molar-refractivity contribution in [3.05, 3.63) is 53.6 Å². The number of ether oxygens (including phenoxy) is 1. The molecule has 0 bridgehead atoms. The summed E-state index contributed by atoms with van der Waals surface area (Å²) in [5.41, 5.74) is 1.31. The Hall–Kier alpha value is -2.73. The third-order valence-electron chi connectivity index (χ3n) is 3.16. The number of para-hydroxylation sites is 1. The zero-order valence-electron chi connectivity index (χ0n) is 13.8. The Kier molecular flexibility index (Phi) is 7.10. The first-order valence-corrected chi connectivity index (χ1v) is 8.22. The Labute approximate surface area is 151 Å². The molecule has 0 heterocycles. The van der Waals surface area contributed by atoms with Crippen LogP contribution >= 0.6 is 11.6 Å². The molecule has 0 radical (unpaired) electrons. The summed E-state index contributed by atoms with van der Waals surface area (Å²) in [5, 5.41) is 8.69. The van der Waals surface area contributed by atoms with E-state index in [4.69, 9.17) is 16.3 Å². The van der Waals surface area contributed by atoms with Crippen LogP contribution < -0.4 is 20.7 Å². The molecule has 3 amide bonds. The van der Waals surface area contributed by atoms with Crippen molar-refractivity contribution in [3.8, 4) is 5.75 Å². The standard InChI is InChI=1S/C18H20ClN3O3/c1-13(23)21-14-7-9-15(10-8-14)22-18(24)20-11-4-12-25-17-6-3-2-5-16(17)19/h2-3,5-10H,4,11-12H2,1H3,(H,21,23)(H2,20,22,24). The van der Waals surface area contributed by atoms with Gasteiger partial charge in [-0.15, -0.1) is 0 Å². The topological polar surface area (TPSA) is 79.5 Å². The Balaban J connectivity index is 1.65. The molecular weight excluding hydrogens is 342 g/mol. The van der Waals surface area contributed by atoms with Crippen LogP contribution in [0.15, 0.2) is 48.5 Å². The van der Waals surface area contributed by atoms with Gasteiger partial charge in [0.25, 0.3) is 0 Å². The number of carbonyl (C=O) groups excluding carboxylic acids is 2. The maximum absolute atomic E-state index is 11.8. The third-order valence-corrected chi connectivity index (χ3v) is 3.48. The van der Waals surface area contributed by atoms with E-state index >= 15 is 0 Å². The average Bonchev–Trinajstić information content (AvgIpc) is 2.57. The number of nitrogens with one attached hydrogen (secondary N) is 3. The maximum atomic E-state index is 11.8. The maximum Gasteiger partial charge on any atom is 0.319 e. The molecule has 0 spiro atoms. The molecule has 2 aromatic carbocycles. The monoisotopic (exact) mass is 361 g/mol. The zero-order valence-corrected chi connectivity index (χ0v) is 14.6. The Morgan fingerprint density at radius 1 is 1.00 bits per heavy atom. The molecule has 0 saturated heterocycles. The van der Waals surface area contributed by atoms with Crippen LogP contribution in [0.2, 0.25) is 5.02 Å². The van der Waals surface area contributed by atoms with Gasteiger partial charge in [-0.2, -0.15) is 0 Å². The van der Waals surface area contributed by atoms with Crippen molar-refractivity contribution < 1.29 is 14.3 Å². The van der Waals surface area contributed by atoms with Crippen molar-refractivity contribution in [2.75, 3.05) is 23.8 Å². The summed E-state index contributed by atoms with van der Waals surface area (Å²) in [6.07, 6.45) is 0.653. The number of carbonyl (C=O) groups is 2. The first-order valence-electron chi connectivity index (χ1n) is 7.84. The van der Waals surface area contributed by atoms with Gasteiger partial charge in [0.1, 0.15) is 5.75 Å². The predicted molar refractivity (Wildman–Crippen MR) is 99.3 cm³/mol. The van der Waals surface area contributed by atoms with Crippen LogP contribution in [-0.2, 0) is 4.79 Å². The molecule has 0 saturated carbocycles. The van der Waals surface area contributed by atoms with Crippen molar-refractivity contribution in [2.24, 2.45) is 0 Å². The second-order valence-electron chi connectivity index (χ2n) is 5.27. The highest BCUT2D eigenvalue weighted by Crippen LogP contribution is 2.22. The van der Waals surface area contributed by atoms with E-state index in [2.05, 4.69) is 16.0 Å². The second-order valence-corrected chi connectivity index (χ2v) is 5.68. The van der Waals surface area contributed by atoms with E-state index in [-0.39, 0.29) is 11.9 Å². The average molecular weight is 362 g/mol. The van der Waals surface area contributed by atoms with Crippen LogP contribution in [0.3, 0.4) is 0 Å². The van der Waals surface area contributed by atoms with E-state index in [9.17, 15) is 9.59 Å². The first-order chi connectivity index (χ1) is 12.0. The quantitative estimate of drug-likeness (QED) is 0.654. The van der Waals surface area contributed by atoms with Crippen molar-refractivity contribution in [2.45, 2.75) is 13.3 Å². The van der Waals surface area contributed by atoms with Crippen molar-refractivity contribution in [1.29, 1.82) is 0 Å². The highest BCUT2D eigenvalue weighted by Gasteiger charge is 2.03. The number of amides is 3. The molecule has 2 aromatic rings. The number of benzene rings is 2. The molecule has 0 unspecified atom stereocenters. The smallest absolute Gasteiger partial charge is 0.319 e. The number of anilines is 2. The molecule has 0 aliphatic rings. The fourth-order valence-corrected chi connectivity index (χ4v) is 2.22. The van der Waals surface area contributed by atoms with Crippen LogP contribution in [0.25, 0.3) is 0 Å². The van der Waals surface area contributed by atoms with E-state index in [1.807, 2.05) is 12.1 Å². The molecular formula is C18H20ClN3O3. The van der Waals surface area contributed by atoms with Gasteiger partial charge in [-0.25, -0.2) is 4.79 Å². The van der Waals surface area contributed by atoms with Crippen molar-refractivity contribution >= 4 is 34.9 Å². The van der Waals surface area contributed by atoms with Gasteiger partial charge in [0.2, 0.25) is 5.91 Å². The van der Waals surface area contributed by atoms with Crippen LogP contribution in [-0.4, -0.2) is 25.1 Å². The van der Waals surface area contributed by atoms with Gasteiger partial charge in [-0.3, -0.25) is 4.79 Å². The van der Waals surface area contributed by atoms with E-state index in [0.29, 0.717) is 41.7 Å². The minimum atomic E-state index is -0.301. The minimum absolute atomic E-state index is 0.141. The lowest BCUT2D eigenvalue weighted by molar-refractivity contribution is -0.114. The highest BCUT2D eigenvalue weighted by molar-refractivity contribution is 6.32. The van der Waals surface area contributed by atoms with Gasteiger partial charge in [0.05, 0.1) is 11.6 Å². The number of urea groups is 1. The second kappa shape index (κ2) is 9.54. The van der Waals surface area contributed by atoms with Gasteiger partial charge in [-0.05, 0) is 42.8 Å². The molecule has 2 rings (SSSR count). The normalized spacial score (nSPS) is 10.0. The molecule has 3 N–H and O–H groups in total. The lowest BCUT2D eigenvalue weighted by Crippen LogP contribution is -2.30. The summed E-state index contributed by atoms with van der Waals surface area (Å²) in [6, 6.07) is 13.8. The lowest BCUT2D eigenvalue weighted by Gasteiger charge is -2.10. The number of rotatable bonds is 7. The summed E-state index contributed by atoms with van der Waals surface area (Å²) in [7, 11) is 0. The molecule has 25 heavy (non-hydrogen) atoms. The van der Waals surface area contributed by atoms with Gasteiger partial charge in [0.15, 0.2) is 0 Å². The largest absolute Gasteiger partial charge is 0.492 e. The van der Waals surface area contributed by atoms with Crippen LogP contribution in [0.4, 0.5) is 16.2 Å². The number of hydrogen-bond donors (Lipinski definition) is 3. The van der Waals surface area contributed by atoms with Crippen LogP contribution in [0.5, 0.6) is 5.75 Å². The van der Waals surface area contributed by atoms with E-state index in [1.54, 1.807) is 36.4 Å². The highest BCUT2D eigenvalue weighted by atomic mass is 35.5. The van der Waals surface area contributed by atoms with Gasteiger partial charge < -0.3 is 20.7 Å². The predicted octanol–water partition coefficient (Wildman–Crippen LogP) is 3.89. The Bertz CT molecular complexity index is 720. The number of halogens is 1. The molecule has 0 fully saturated rings. The number of hydrogen-bond acceptors (Lipinski definition) is 3. The van der Waals surface area contributed by atoms with Gasteiger partial charge in [0, 0.05) is 24.8 Å². The van der Waals surface area contributed by atoms with Gasteiger partial charge in [-0.1, -0.05) is 23.7 Å². The summed E-state index contributed by atoms with van der Waals surface area (Å²) < 4.78 is 5.54. The summed E-state index contributed by atoms with van der Waals surface area (Å²) in [6.45, 7) is 2.37. The van der Waals surface area contributed by atoms with Gasteiger partial charge >= 0.3 is 6.03 Å². The fourth-order valence-electron chi connectivity index (χ4n) is 2.03. The summed E-state index contributed by atoms with van der Waals surface area (Å²) in [4.78, 5) is 22.8. The zero-order chi connectivity index (χ0) is 18.1. The SMILES string of the molecule is CC(=O)Nc1ccc(NC(=O)NCCCOc2ccccc2Cl)cc1. The molecule has 7 heteroatoms. The Morgan fingerprint density at radius 2 is 1.64 bits per heavy atom. The van der Waals surface area contributed by atoms with E-state index < -0.39 is 0 Å². The van der Waals surface area contributed by atoms with E-state index in [1.165, 1.54) is 6.92 Å². The van der Waals surface area contributed by atoms with Crippen LogP contribution in [0, 0.1) is 0 Å². The molecule has 132 valence electrons.